The van der Waals surface area contributed by atoms with Crippen molar-refractivity contribution in [2.75, 3.05) is 0 Å². The van der Waals surface area contributed by atoms with Gasteiger partial charge in [0, 0.05) is 0 Å². The second-order valence-electron chi connectivity index (χ2n) is 5.35. The Morgan fingerprint density at radius 1 is 1.32 bits per heavy atom. The predicted molar refractivity (Wildman–Crippen MR) is 91.4 cm³/mol. The lowest BCUT2D eigenvalue weighted by Crippen LogP contribution is -2.35. The number of carbonyl (C=O) groups is 1. The number of nitrogens with zero attached hydrogens (tertiary/aromatic N) is 3. The van der Waals surface area contributed by atoms with Crippen molar-refractivity contribution >= 4 is 39.8 Å². The van der Waals surface area contributed by atoms with E-state index in [0.29, 0.717) is 6.42 Å². The number of aliphatic imine (C=N–C) groups is 1. The van der Waals surface area contributed by atoms with Crippen LogP contribution in [0.2, 0.25) is 0 Å². The van der Waals surface area contributed by atoms with Gasteiger partial charge < -0.3 is 0 Å². The molecule has 1 N–H and O–H groups in total. The van der Waals surface area contributed by atoms with E-state index in [1.165, 1.54) is 35.0 Å². The molecule has 9 heteroatoms. The van der Waals surface area contributed by atoms with Gasteiger partial charge in [0.1, 0.15) is 5.04 Å². The number of amides is 1. The van der Waals surface area contributed by atoms with E-state index in [9.17, 15) is 18.0 Å². The van der Waals surface area contributed by atoms with E-state index < -0.39 is 17.6 Å². The zero-order chi connectivity index (χ0) is 18.2. The van der Waals surface area contributed by atoms with Crippen molar-refractivity contribution in [3.05, 3.63) is 41.0 Å². The molecule has 0 aromatic heterocycles. The maximum Gasteiger partial charge on any atom is 0.416 e. The van der Waals surface area contributed by atoms with Crippen LogP contribution in [0.3, 0.4) is 0 Å². The molecule has 0 fully saturated rings. The van der Waals surface area contributed by atoms with Gasteiger partial charge in [-0.05, 0) is 42.3 Å². The first-order valence-corrected chi connectivity index (χ1v) is 8.28. The first-order chi connectivity index (χ1) is 11.8. The Labute approximate surface area is 145 Å². The van der Waals surface area contributed by atoms with Crippen LogP contribution in [0.15, 0.2) is 39.9 Å². The van der Waals surface area contributed by atoms with Gasteiger partial charge in [-0.1, -0.05) is 25.1 Å². The van der Waals surface area contributed by atoms with Crippen molar-refractivity contribution in [1.82, 2.24) is 5.01 Å². The predicted octanol–water partition coefficient (Wildman–Crippen LogP) is 4.12. The Kier molecular flexibility index (Phi) is 4.51. The molecule has 2 aliphatic heterocycles. The van der Waals surface area contributed by atoms with Gasteiger partial charge in [0.15, 0.2) is 5.84 Å². The van der Waals surface area contributed by atoms with Gasteiger partial charge in [-0.2, -0.15) is 28.3 Å². The number of fused-ring (bicyclic) bond motifs is 1. The van der Waals surface area contributed by atoms with Gasteiger partial charge in [-0.15, -0.1) is 0 Å². The first-order valence-electron chi connectivity index (χ1n) is 7.46. The quantitative estimate of drug-likeness (QED) is 0.818. The van der Waals surface area contributed by atoms with E-state index in [4.69, 9.17) is 5.41 Å². The van der Waals surface area contributed by atoms with Gasteiger partial charge in [-0.25, -0.2) is 0 Å². The third-order valence-corrected chi connectivity index (χ3v) is 4.49. The molecule has 2 heterocycles. The highest BCUT2D eigenvalue weighted by Gasteiger charge is 2.37. The summed E-state index contributed by atoms with van der Waals surface area (Å²) < 4.78 is 39.4. The van der Waals surface area contributed by atoms with E-state index in [2.05, 4.69) is 10.1 Å². The second kappa shape index (κ2) is 6.47. The Morgan fingerprint density at radius 3 is 2.72 bits per heavy atom. The minimum atomic E-state index is -4.56. The molecule has 25 heavy (non-hydrogen) atoms. The number of amidine groups is 2. The second-order valence-corrected chi connectivity index (χ2v) is 6.39. The average Bonchev–Trinajstić information content (AvgIpc) is 2.94. The number of hydrazone groups is 1. The van der Waals surface area contributed by atoms with Gasteiger partial charge in [0.25, 0.3) is 5.91 Å². The largest absolute Gasteiger partial charge is 0.416 e. The number of carbonyl (C=O) groups excluding carboxylic acids is 1. The smallest absolute Gasteiger partial charge is 0.282 e. The minimum Gasteiger partial charge on any atom is -0.282 e. The number of thioether (sulfide) groups is 1. The van der Waals surface area contributed by atoms with Crippen LogP contribution in [0.5, 0.6) is 0 Å². The van der Waals surface area contributed by atoms with Gasteiger partial charge in [0.05, 0.1) is 11.1 Å². The average molecular weight is 366 g/mol. The number of hydrogen-bond acceptors (Lipinski definition) is 4. The summed E-state index contributed by atoms with van der Waals surface area (Å²) in [5, 5.41) is 14.6. The van der Waals surface area contributed by atoms with Crippen LogP contribution in [0, 0.1) is 5.41 Å². The molecule has 0 atom stereocenters. The lowest BCUT2D eigenvalue weighted by atomic mass is 10.0. The van der Waals surface area contributed by atoms with Crippen molar-refractivity contribution < 1.29 is 18.0 Å². The Bertz CT molecular complexity index is 842. The summed E-state index contributed by atoms with van der Waals surface area (Å²) in [6, 6.07) is 4.89. The molecule has 0 aliphatic carbocycles. The molecular weight excluding hydrogens is 353 g/mol. The SMILES string of the molecule is CCCC1=NN2C(=N)/C(=C/c3ccccc3C(F)(F)F)C(=O)N=C2S1. The Hall–Kier alpha value is -2.42. The molecule has 0 bridgehead atoms. The number of hydrogen-bond donors (Lipinski definition) is 1. The van der Waals surface area contributed by atoms with Gasteiger partial charge in [0.2, 0.25) is 5.17 Å². The number of halogens is 3. The van der Waals surface area contributed by atoms with E-state index in [1.54, 1.807) is 0 Å². The summed E-state index contributed by atoms with van der Waals surface area (Å²) in [6.45, 7) is 1.97. The highest BCUT2D eigenvalue weighted by atomic mass is 32.2. The molecule has 130 valence electrons. The highest BCUT2D eigenvalue weighted by molar-refractivity contribution is 8.26. The zero-order valence-electron chi connectivity index (χ0n) is 13.1. The van der Waals surface area contributed by atoms with E-state index in [1.807, 2.05) is 6.92 Å². The molecule has 1 aromatic rings. The molecule has 0 radical (unpaired) electrons. The van der Waals surface area contributed by atoms with Crippen molar-refractivity contribution in [2.24, 2.45) is 10.1 Å². The van der Waals surface area contributed by atoms with Gasteiger partial charge >= 0.3 is 6.18 Å². The third-order valence-electron chi connectivity index (χ3n) is 3.53. The van der Waals surface area contributed by atoms with Crippen molar-refractivity contribution in [2.45, 2.75) is 25.9 Å². The van der Waals surface area contributed by atoms with Crippen LogP contribution in [0.1, 0.15) is 30.9 Å². The monoisotopic (exact) mass is 366 g/mol. The zero-order valence-corrected chi connectivity index (χ0v) is 13.9. The lowest BCUT2D eigenvalue weighted by molar-refractivity contribution is -0.137. The molecule has 2 aliphatic rings. The fraction of sp³-hybridized carbons (Fsp3) is 0.250. The summed E-state index contributed by atoms with van der Waals surface area (Å²) in [5.41, 5.74) is -1.28. The van der Waals surface area contributed by atoms with Crippen LogP contribution in [0.25, 0.3) is 6.08 Å². The number of nitrogens with one attached hydrogen (secondary N) is 1. The van der Waals surface area contributed by atoms with Crippen LogP contribution < -0.4 is 0 Å². The summed E-state index contributed by atoms with van der Waals surface area (Å²) in [5.74, 6) is -1.01. The molecule has 0 unspecified atom stereocenters. The third kappa shape index (κ3) is 3.37. The van der Waals surface area contributed by atoms with Crippen LogP contribution in [-0.2, 0) is 11.0 Å². The molecule has 3 rings (SSSR count). The van der Waals surface area contributed by atoms with Crippen molar-refractivity contribution in [1.29, 1.82) is 5.41 Å². The first kappa shape index (κ1) is 17.4. The maximum atomic E-state index is 13.1. The highest BCUT2D eigenvalue weighted by Crippen LogP contribution is 2.34. The Balaban J connectivity index is 2.01. The van der Waals surface area contributed by atoms with Crippen molar-refractivity contribution in [3.63, 3.8) is 0 Å². The molecule has 5 nitrogen and oxygen atoms in total. The fourth-order valence-corrected chi connectivity index (χ4v) is 3.37. The van der Waals surface area contributed by atoms with E-state index >= 15 is 0 Å². The molecule has 0 saturated heterocycles. The summed E-state index contributed by atoms with van der Waals surface area (Å²) in [4.78, 5) is 16.1. The molecule has 0 saturated carbocycles. The topological polar surface area (TPSA) is 68.9 Å². The van der Waals surface area contributed by atoms with Crippen molar-refractivity contribution in [3.8, 4) is 0 Å². The fourth-order valence-electron chi connectivity index (χ4n) is 2.38. The summed E-state index contributed by atoms with van der Waals surface area (Å²) >= 11 is 1.20. The summed E-state index contributed by atoms with van der Waals surface area (Å²) in [7, 11) is 0. The molecule has 1 amide bonds. The number of benzene rings is 1. The van der Waals surface area contributed by atoms with E-state index in [-0.39, 0.29) is 22.1 Å². The molecule has 0 spiro atoms. The normalized spacial score (nSPS) is 19.2. The van der Waals surface area contributed by atoms with Crippen LogP contribution in [0.4, 0.5) is 13.2 Å². The molecule has 1 aromatic carbocycles. The number of rotatable bonds is 3. The molecular formula is C16H13F3N4OS. The van der Waals surface area contributed by atoms with Crippen LogP contribution >= 0.6 is 11.8 Å². The lowest BCUT2D eigenvalue weighted by Gasteiger charge is -2.20. The van der Waals surface area contributed by atoms with E-state index in [0.717, 1.165) is 23.6 Å². The number of alkyl halides is 3. The summed E-state index contributed by atoms with van der Waals surface area (Å²) in [6.07, 6.45) is -1.99. The van der Waals surface area contributed by atoms with Gasteiger partial charge in [-0.3, -0.25) is 10.2 Å². The minimum absolute atomic E-state index is 0.189. The van der Waals surface area contributed by atoms with Crippen LogP contribution in [-0.4, -0.2) is 27.0 Å². The Morgan fingerprint density at radius 2 is 2.04 bits per heavy atom. The maximum absolute atomic E-state index is 13.1. The standard InChI is InChI=1S/C16H13F3N4OS/c1-2-5-12-22-23-13(20)10(14(24)21-15(23)25-12)8-9-6-3-4-7-11(9)16(17,18)19/h3-4,6-8,20H,2,5H2,1H3/b10-8-,20-13?.